The SMILES string of the molecule is COc1ccc(S(=O)(=O)N2CCC(N)C(C)(C)C2)cc1F. The molecule has 1 heterocycles. The van der Waals surface area contributed by atoms with Gasteiger partial charge in [0.1, 0.15) is 0 Å². The molecule has 1 atom stereocenters. The van der Waals surface area contributed by atoms with Crippen LogP contribution in [-0.2, 0) is 10.0 Å². The molecule has 0 bridgehead atoms. The van der Waals surface area contributed by atoms with Crippen molar-refractivity contribution in [2.45, 2.75) is 31.2 Å². The van der Waals surface area contributed by atoms with Gasteiger partial charge in [0.05, 0.1) is 12.0 Å². The van der Waals surface area contributed by atoms with Crippen LogP contribution in [0.2, 0.25) is 0 Å². The Labute approximate surface area is 124 Å². The molecule has 2 N–H and O–H groups in total. The average molecular weight is 316 g/mol. The molecule has 1 aromatic rings. The minimum absolute atomic E-state index is 0.0231. The van der Waals surface area contributed by atoms with Crippen molar-refractivity contribution in [1.29, 1.82) is 0 Å². The normalized spacial score (nSPS) is 23.0. The Morgan fingerprint density at radius 3 is 2.62 bits per heavy atom. The standard InChI is InChI=1S/C14H21FN2O3S/c1-14(2)9-17(7-6-13(14)16)21(18,19)10-4-5-12(20-3)11(15)8-10/h4-5,8,13H,6-7,9,16H2,1-3H3. The third-order valence-corrected chi connectivity index (χ3v) is 5.88. The van der Waals surface area contributed by atoms with Crippen LogP contribution in [0.15, 0.2) is 23.1 Å². The third kappa shape index (κ3) is 3.04. The molecule has 1 aliphatic heterocycles. The Hall–Kier alpha value is -1.18. The summed E-state index contributed by atoms with van der Waals surface area (Å²) in [7, 11) is -2.39. The van der Waals surface area contributed by atoms with E-state index in [1.165, 1.54) is 23.5 Å². The maximum atomic E-state index is 13.7. The summed E-state index contributed by atoms with van der Waals surface area (Å²) in [4.78, 5) is -0.0629. The van der Waals surface area contributed by atoms with E-state index in [-0.39, 0.29) is 22.1 Å². The van der Waals surface area contributed by atoms with Crippen molar-refractivity contribution in [3.8, 4) is 5.75 Å². The Morgan fingerprint density at radius 1 is 1.43 bits per heavy atom. The van der Waals surface area contributed by atoms with E-state index in [4.69, 9.17) is 10.5 Å². The van der Waals surface area contributed by atoms with E-state index >= 15 is 0 Å². The number of hydrogen-bond acceptors (Lipinski definition) is 4. The number of sulfonamides is 1. The quantitative estimate of drug-likeness (QED) is 0.919. The van der Waals surface area contributed by atoms with Crippen molar-refractivity contribution in [2.24, 2.45) is 11.1 Å². The molecule has 1 unspecified atom stereocenters. The molecule has 0 radical (unpaired) electrons. The van der Waals surface area contributed by atoms with Gasteiger partial charge in [-0.15, -0.1) is 0 Å². The van der Waals surface area contributed by atoms with Crippen molar-refractivity contribution in [3.05, 3.63) is 24.0 Å². The molecule has 0 aliphatic carbocycles. The predicted octanol–water partition coefficient (Wildman–Crippen LogP) is 1.58. The molecule has 0 aromatic heterocycles. The number of nitrogens with two attached hydrogens (primary N) is 1. The minimum atomic E-state index is -3.72. The molecule has 1 fully saturated rings. The van der Waals surface area contributed by atoms with Crippen LogP contribution in [-0.4, -0.2) is 39.0 Å². The van der Waals surface area contributed by atoms with Crippen LogP contribution in [0.1, 0.15) is 20.3 Å². The van der Waals surface area contributed by atoms with E-state index in [2.05, 4.69) is 0 Å². The maximum Gasteiger partial charge on any atom is 0.243 e. The number of rotatable bonds is 3. The molecule has 0 amide bonds. The van der Waals surface area contributed by atoms with E-state index in [0.717, 1.165) is 6.07 Å². The number of benzene rings is 1. The summed E-state index contributed by atoms with van der Waals surface area (Å²) in [6, 6.07) is 3.63. The van der Waals surface area contributed by atoms with Crippen LogP contribution in [0.5, 0.6) is 5.75 Å². The molecular weight excluding hydrogens is 295 g/mol. The Bertz CT molecular complexity index is 631. The molecule has 1 aromatic carbocycles. The van der Waals surface area contributed by atoms with E-state index in [1.807, 2.05) is 13.8 Å². The highest BCUT2D eigenvalue weighted by Gasteiger charge is 2.38. The molecule has 1 aliphatic rings. The summed E-state index contributed by atoms with van der Waals surface area (Å²) in [6.45, 7) is 4.55. The smallest absolute Gasteiger partial charge is 0.243 e. The molecular formula is C14H21FN2O3S. The van der Waals surface area contributed by atoms with Crippen LogP contribution in [0.25, 0.3) is 0 Å². The van der Waals surface area contributed by atoms with Crippen molar-refractivity contribution >= 4 is 10.0 Å². The zero-order chi connectivity index (χ0) is 15.8. The fraction of sp³-hybridized carbons (Fsp3) is 0.571. The first-order valence-electron chi connectivity index (χ1n) is 6.78. The number of nitrogens with zero attached hydrogens (tertiary/aromatic N) is 1. The minimum Gasteiger partial charge on any atom is -0.494 e. The monoisotopic (exact) mass is 316 g/mol. The van der Waals surface area contributed by atoms with E-state index in [1.54, 1.807) is 0 Å². The number of methoxy groups -OCH3 is 1. The number of piperidine rings is 1. The molecule has 118 valence electrons. The fourth-order valence-electron chi connectivity index (χ4n) is 2.49. The van der Waals surface area contributed by atoms with Gasteiger partial charge < -0.3 is 10.5 Å². The molecule has 21 heavy (non-hydrogen) atoms. The lowest BCUT2D eigenvalue weighted by atomic mass is 9.81. The highest BCUT2D eigenvalue weighted by molar-refractivity contribution is 7.89. The summed E-state index contributed by atoms with van der Waals surface area (Å²) in [5.41, 5.74) is 5.71. The van der Waals surface area contributed by atoms with Crippen molar-refractivity contribution in [1.82, 2.24) is 4.31 Å². The van der Waals surface area contributed by atoms with Crippen LogP contribution in [0.4, 0.5) is 4.39 Å². The largest absolute Gasteiger partial charge is 0.494 e. The summed E-state index contributed by atoms with van der Waals surface area (Å²) < 4.78 is 45.1. The van der Waals surface area contributed by atoms with E-state index in [9.17, 15) is 12.8 Å². The summed E-state index contributed by atoms with van der Waals surface area (Å²) in [6.07, 6.45) is 0.588. The van der Waals surface area contributed by atoms with Gasteiger partial charge in [0, 0.05) is 19.1 Å². The molecule has 7 heteroatoms. The van der Waals surface area contributed by atoms with Crippen LogP contribution in [0.3, 0.4) is 0 Å². The second-order valence-electron chi connectivity index (χ2n) is 6.02. The fourth-order valence-corrected chi connectivity index (χ4v) is 4.13. The molecule has 1 saturated heterocycles. The third-order valence-electron chi connectivity index (χ3n) is 4.04. The van der Waals surface area contributed by atoms with Gasteiger partial charge in [0.2, 0.25) is 10.0 Å². The van der Waals surface area contributed by atoms with Crippen LogP contribution in [0, 0.1) is 11.2 Å². The molecule has 0 spiro atoms. The topological polar surface area (TPSA) is 72.6 Å². The maximum absolute atomic E-state index is 13.7. The van der Waals surface area contributed by atoms with Gasteiger partial charge in [-0.25, -0.2) is 12.8 Å². The van der Waals surface area contributed by atoms with Crippen molar-refractivity contribution in [3.63, 3.8) is 0 Å². The zero-order valence-electron chi connectivity index (χ0n) is 12.5. The lowest BCUT2D eigenvalue weighted by molar-refractivity contribution is 0.155. The second kappa shape index (κ2) is 5.55. The van der Waals surface area contributed by atoms with Crippen molar-refractivity contribution in [2.75, 3.05) is 20.2 Å². The first kappa shape index (κ1) is 16.2. The zero-order valence-corrected chi connectivity index (χ0v) is 13.3. The lowest BCUT2D eigenvalue weighted by Gasteiger charge is -2.41. The van der Waals surface area contributed by atoms with Gasteiger partial charge in [-0.05, 0) is 30.0 Å². The predicted molar refractivity (Wildman–Crippen MR) is 78.1 cm³/mol. The summed E-state index contributed by atoms with van der Waals surface area (Å²) >= 11 is 0. The highest BCUT2D eigenvalue weighted by Crippen LogP contribution is 2.32. The van der Waals surface area contributed by atoms with Gasteiger partial charge in [-0.2, -0.15) is 4.31 Å². The van der Waals surface area contributed by atoms with Crippen LogP contribution < -0.4 is 10.5 Å². The Balaban J connectivity index is 2.32. The average Bonchev–Trinajstić information content (AvgIpc) is 2.41. The molecule has 0 saturated carbocycles. The van der Waals surface area contributed by atoms with E-state index < -0.39 is 15.8 Å². The van der Waals surface area contributed by atoms with Gasteiger partial charge >= 0.3 is 0 Å². The lowest BCUT2D eigenvalue weighted by Crippen LogP contribution is -2.53. The first-order valence-corrected chi connectivity index (χ1v) is 8.22. The Morgan fingerprint density at radius 2 is 2.10 bits per heavy atom. The van der Waals surface area contributed by atoms with Crippen molar-refractivity contribution < 1.29 is 17.5 Å². The number of ether oxygens (including phenoxy) is 1. The van der Waals surface area contributed by atoms with Gasteiger partial charge in [-0.3, -0.25) is 0 Å². The van der Waals surface area contributed by atoms with Gasteiger partial charge in [0.15, 0.2) is 11.6 Å². The second-order valence-corrected chi connectivity index (χ2v) is 7.96. The van der Waals surface area contributed by atoms with E-state index in [0.29, 0.717) is 19.5 Å². The van der Waals surface area contributed by atoms with Gasteiger partial charge in [-0.1, -0.05) is 13.8 Å². The molecule has 2 rings (SSSR count). The number of hydrogen-bond donors (Lipinski definition) is 1. The van der Waals surface area contributed by atoms with Gasteiger partial charge in [0.25, 0.3) is 0 Å². The van der Waals surface area contributed by atoms with Crippen LogP contribution >= 0.6 is 0 Å². The Kier molecular flexibility index (Phi) is 4.28. The first-order chi connectivity index (χ1) is 9.68. The summed E-state index contributed by atoms with van der Waals surface area (Å²) in [5.74, 6) is -0.665. The molecule has 5 nitrogen and oxygen atoms in total. The summed E-state index contributed by atoms with van der Waals surface area (Å²) in [5, 5.41) is 0. The number of halogens is 1. The highest BCUT2D eigenvalue weighted by atomic mass is 32.2.